The average molecular weight is 517 g/mol. The molecule has 8 rings (SSSR count). The third kappa shape index (κ3) is 3.33. The third-order valence-electron chi connectivity index (χ3n) is 8.89. The van der Waals surface area contributed by atoms with Crippen molar-refractivity contribution in [1.82, 2.24) is 0 Å². The van der Waals surface area contributed by atoms with Gasteiger partial charge in [0.15, 0.2) is 0 Å². The summed E-state index contributed by atoms with van der Waals surface area (Å²) < 4.78 is 5.62. The summed E-state index contributed by atoms with van der Waals surface area (Å²) in [5.41, 5.74) is 1.79. The zero-order valence-electron chi connectivity index (χ0n) is 20.2. The van der Waals surface area contributed by atoms with E-state index in [1.807, 2.05) is 0 Å². The van der Waals surface area contributed by atoms with Crippen LogP contribution in [0.4, 0.5) is 11.4 Å². The van der Waals surface area contributed by atoms with Crippen LogP contribution >= 0.6 is 11.6 Å². The Morgan fingerprint density at radius 1 is 0.946 bits per heavy atom. The summed E-state index contributed by atoms with van der Waals surface area (Å²) >= 11 is 6.24. The van der Waals surface area contributed by atoms with Crippen LogP contribution in [0, 0.1) is 48.3 Å². The summed E-state index contributed by atoms with van der Waals surface area (Å²) in [4.78, 5) is 55.2. The summed E-state index contributed by atoms with van der Waals surface area (Å²) in [6, 6.07) is 12.0. The molecular formula is C29H25ClN2O5. The van der Waals surface area contributed by atoms with Crippen molar-refractivity contribution in [1.29, 1.82) is 0 Å². The fourth-order valence-corrected chi connectivity index (χ4v) is 7.34. The maximum Gasteiger partial charge on any atom is 0.316 e. The van der Waals surface area contributed by atoms with Crippen molar-refractivity contribution in [2.45, 2.75) is 19.8 Å². The van der Waals surface area contributed by atoms with Crippen molar-refractivity contribution < 1.29 is 23.9 Å². The van der Waals surface area contributed by atoms with Gasteiger partial charge in [-0.05, 0) is 72.9 Å². The van der Waals surface area contributed by atoms with Crippen molar-refractivity contribution in [3.63, 3.8) is 0 Å². The molecule has 2 heterocycles. The summed E-state index contributed by atoms with van der Waals surface area (Å²) in [6.07, 6.45) is 5.48. The molecule has 4 aliphatic carbocycles. The Kier molecular flexibility index (Phi) is 4.93. The van der Waals surface area contributed by atoms with Gasteiger partial charge in [-0.3, -0.25) is 19.2 Å². The summed E-state index contributed by atoms with van der Waals surface area (Å²) in [7, 11) is 0. The highest BCUT2D eigenvalue weighted by Crippen LogP contribution is 2.65. The van der Waals surface area contributed by atoms with Gasteiger partial charge in [-0.15, -0.1) is 0 Å². The first kappa shape index (κ1) is 22.7. The van der Waals surface area contributed by atoms with Gasteiger partial charge in [0.2, 0.25) is 17.7 Å². The van der Waals surface area contributed by atoms with Crippen molar-refractivity contribution in [3.8, 4) is 5.75 Å². The smallest absolute Gasteiger partial charge is 0.316 e. The predicted molar refractivity (Wildman–Crippen MR) is 136 cm³/mol. The van der Waals surface area contributed by atoms with Crippen LogP contribution in [0.3, 0.4) is 0 Å². The molecule has 2 saturated heterocycles. The van der Waals surface area contributed by atoms with E-state index in [9.17, 15) is 19.2 Å². The molecule has 0 aromatic heterocycles. The van der Waals surface area contributed by atoms with E-state index < -0.39 is 11.9 Å². The monoisotopic (exact) mass is 516 g/mol. The molecule has 3 amide bonds. The van der Waals surface area contributed by atoms with E-state index in [-0.39, 0.29) is 54.4 Å². The zero-order valence-corrected chi connectivity index (χ0v) is 20.9. The molecule has 7 atom stereocenters. The number of rotatable bonds is 4. The molecule has 0 spiro atoms. The van der Waals surface area contributed by atoms with Crippen molar-refractivity contribution in [3.05, 3.63) is 65.2 Å². The van der Waals surface area contributed by atoms with E-state index >= 15 is 0 Å². The molecule has 2 saturated carbocycles. The number of halogens is 1. The number of carbonyl (C=O) groups is 4. The van der Waals surface area contributed by atoms with Crippen LogP contribution < -0.4 is 14.5 Å². The summed E-state index contributed by atoms with van der Waals surface area (Å²) in [5, 5.41) is 0.447. The highest BCUT2D eigenvalue weighted by molar-refractivity contribution is 6.34. The number of anilines is 2. The van der Waals surface area contributed by atoms with Crippen molar-refractivity contribution in [2.75, 3.05) is 16.3 Å². The highest BCUT2D eigenvalue weighted by Gasteiger charge is 2.67. The number of esters is 1. The van der Waals surface area contributed by atoms with Gasteiger partial charge < -0.3 is 9.64 Å². The molecule has 7 nitrogen and oxygen atoms in total. The van der Waals surface area contributed by atoms with Gasteiger partial charge in [0.25, 0.3) is 0 Å². The molecule has 0 N–H and O–H groups in total. The lowest BCUT2D eigenvalue weighted by molar-refractivity contribution is -0.139. The molecular weight excluding hydrogens is 492 g/mol. The van der Waals surface area contributed by atoms with Gasteiger partial charge in [0, 0.05) is 13.0 Å². The lowest BCUT2D eigenvalue weighted by Crippen LogP contribution is -2.40. The first-order chi connectivity index (χ1) is 17.8. The number of ether oxygens (including phenoxy) is 1. The van der Waals surface area contributed by atoms with Crippen LogP contribution in [0.5, 0.6) is 5.75 Å². The van der Waals surface area contributed by atoms with Crippen molar-refractivity contribution >= 4 is 46.7 Å². The number of carbonyl (C=O) groups excluding carboxylic acids is 4. The third-order valence-corrected chi connectivity index (χ3v) is 9.21. The SMILES string of the molecule is Cc1cc(OC(=O)[C@@H]2CC(=O)N(c3ccccc3Cl)C2)ccc1N1C(=O)[C@@H]2[C@H]3C=C[C@@H]([C@@H]4C[C@H]34)[C@H]2C1=O. The lowest BCUT2D eigenvalue weighted by Gasteiger charge is -2.37. The second-order valence-corrected chi connectivity index (χ2v) is 11.3. The molecule has 2 aromatic carbocycles. The largest absolute Gasteiger partial charge is 0.426 e. The molecule has 0 radical (unpaired) electrons. The van der Waals surface area contributed by atoms with Crippen LogP contribution in [0.1, 0.15) is 18.4 Å². The Bertz CT molecular complexity index is 1380. The Balaban J connectivity index is 1.07. The van der Waals surface area contributed by atoms with E-state index in [0.29, 0.717) is 39.5 Å². The molecule has 4 fully saturated rings. The number of hydrogen-bond donors (Lipinski definition) is 0. The summed E-state index contributed by atoms with van der Waals surface area (Å²) in [6.45, 7) is 1.99. The number of aryl methyl sites for hydroxylation is 1. The van der Waals surface area contributed by atoms with E-state index in [1.54, 1.807) is 49.4 Å². The van der Waals surface area contributed by atoms with Gasteiger partial charge in [-0.1, -0.05) is 35.9 Å². The number of imide groups is 1. The first-order valence-electron chi connectivity index (χ1n) is 12.8. The van der Waals surface area contributed by atoms with Gasteiger partial charge >= 0.3 is 5.97 Å². The van der Waals surface area contributed by atoms with Crippen LogP contribution in [0.15, 0.2) is 54.6 Å². The maximum absolute atomic E-state index is 13.4. The summed E-state index contributed by atoms with van der Waals surface area (Å²) in [5.74, 6) is -0.312. The van der Waals surface area contributed by atoms with E-state index in [4.69, 9.17) is 16.3 Å². The fraction of sp³-hybridized carbons (Fsp3) is 0.379. The molecule has 2 bridgehead atoms. The van der Waals surface area contributed by atoms with Gasteiger partial charge in [-0.25, -0.2) is 4.90 Å². The van der Waals surface area contributed by atoms with Crippen LogP contribution in [0.2, 0.25) is 5.02 Å². The average Bonchev–Trinajstić information content (AvgIpc) is 3.56. The molecule has 188 valence electrons. The topological polar surface area (TPSA) is 84.0 Å². The zero-order chi connectivity index (χ0) is 25.6. The molecule has 37 heavy (non-hydrogen) atoms. The van der Waals surface area contributed by atoms with E-state index in [1.165, 1.54) is 9.80 Å². The number of allylic oxidation sites excluding steroid dienone is 2. The van der Waals surface area contributed by atoms with E-state index in [0.717, 1.165) is 6.42 Å². The normalized spacial score (nSPS) is 33.1. The second-order valence-electron chi connectivity index (χ2n) is 10.9. The quantitative estimate of drug-likeness (QED) is 0.264. The fourth-order valence-electron chi connectivity index (χ4n) is 7.11. The molecule has 6 aliphatic rings. The minimum Gasteiger partial charge on any atom is -0.426 e. The molecule has 0 unspecified atom stereocenters. The molecule has 2 aliphatic heterocycles. The van der Waals surface area contributed by atoms with Gasteiger partial charge in [0.05, 0.1) is 34.2 Å². The Hall–Kier alpha value is -3.45. The Morgan fingerprint density at radius 2 is 1.62 bits per heavy atom. The Morgan fingerprint density at radius 3 is 2.27 bits per heavy atom. The minimum atomic E-state index is -0.622. The number of para-hydroxylation sites is 1. The minimum absolute atomic E-state index is 0.0407. The number of nitrogens with zero attached hydrogens (tertiary/aromatic N) is 2. The Labute approximate surface area is 219 Å². The van der Waals surface area contributed by atoms with Crippen LogP contribution in [-0.2, 0) is 19.2 Å². The van der Waals surface area contributed by atoms with Gasteiger partial charge in [0.1, 0.15) is 5.75 Å². The number of amides is 3. The van der Waals surface area contributed by atoms with Crippen molar-refractivity contribution in [2.24, 2.45) is 41.4 Å². The molecule has 2 aromatic rings. The number of hydrogen-bond acceptors (Lipinski definition) is 5. The predicted octanol–water partition coefficient (Wildman–Crippen LogP) is 4.16. The second kappa shape index (κ2) is 8.02. The lowest BCUT2D eigenvalue weighted by atomic mass is 9.63. The highest BCUT2D eigenvalue weighted by atomic mass is 35.5. The first-order valence-corrected chi connectivity index (χ1v) is 13.1. The molecule has 8 heteroatoms. The maximum atomic E-state index is 13.4. The van der Waals surface area contributed by atoms with E-state index in [2.05, 4.69) is 12.2 Å². The number of benzene rings is 2. The van der Waals surface area contributed by atoms with Crippen LogP contribution in [-0.4, -0.2) is 30.2 Å². The van der Waals surface area contributed by atoms with Gasteiger partial charge in [-0.2, -0.15) is 0 Å². The standard InChI is InChI=1S/C29H25ClN2O5/c1-14-10-16(37-29(36)15-11-24(33)31(13-15)23-5-3-2-4-21(23)30)6-9-22(14)32-27(34)25-17-7-8-18(20-12-19(17)20)26(25)28(32)35/h2-10,15,17-20,25-26H,11-13H2,1H3/t15-,17+,18+,19-,20+,25-,26-/m1/s1. The van der Waals surface area contributed by atoms with Crippen LogP contribution in [0.25, 0.3) is 0 Å².